The molecule has 1 aliphatic carbocycles. The molecule has 2 aromatic heterocycles. The molecule has 4 aromatic rings. The van der Waals surface area contributed by atoms with Gasteiger partial charge < -0.3 is 10.1 Å². The van der Waals surface area contributed by atoms with Crippen LogP contribution in [0.2, 0.25) is 0 Å². The molecule has 0 saturated heterocycles. The van der Waals surface area contributed by atoms with E-state index >= 15 is 0 Å². The highest BCUT2D eigenvalue weighted by Crippen LogP contribution is 2.28. The van der Waals surface area contributed by atoms with Crippen molar-refractivity contribution in [1.29, 1.82) is 0 Å². The van der Waals surface area contributed by atoms with Gasteiger partial charge in [-0.3, -0.25) is 4.79 Å². The van der Waals surface area contributed by atoms with Crippen LogP contribution in [0.15, 0.2) is 66.0 Å². The van der Waals surface area contributed by atoms with Gasteiger partial charge in [0.1, 0.15) is 11.6 Å². The van der Waals surface area contributed by atoms with Crippen molar-refractivity contribution in [3.05, 3.63) is 99.3 Å². The van der Waals surface area contributed by atoms with Crippen LogP contribution in [0.1, 0.15) is 44.4 Å². The van der Waals surface area contributed by atoms with Gasteiger partial charge in [-0.2, -0.15) is 5.10 Å². The largest absolute Gasteiger partial charge is 0.454 e. The quantitative estimate of drug-likeness (QED) is 0.391. The normalized spacial score (nSPS) is 12.4. The number of amides is 1. The molecule has 7 nitrogen and oxygen atoms in total. The molecular weight excluding hydrogens is 448 g/mol. The molecule has 0 radical (unpaired) electrons. The molecule has 0 bridgehead atoms. The number of para-hydroxylation sites is 1. The Morgan fingerprint density at radius 3 is 2.59 bits per heavy atom. The van der Waals surface area contributed by atoms with Gasteiger partial charge in [0.15, 0.2) is 5.69 Å². The summed E-state index contributed by atoms with van der Waals surface area (Å²) in [5.41, 5.74) is 5.05. The van der Waals surface area contributed by atoms with E-state index in [9.17, 15) is 9.59 Å². The van der Waals surface area contributed by atoms with Gasteiger partial charge in [0.05, 0.1) is 17.8 Å². The molecule has 0 saturated carbocycles. The number of thiazole rings is 1. The monoisotopic (exact) mass is 472 g/mol. The van der Waals surface area contributed by atoms with Crippen molar-refractivity contribution in [1.82, 2.24) is 20.1 Å². The van der Waals surface area contributed by atoms with Crippen LogP contribution in [0.3, 0.4) is 0 Å². The molecule has 5 rings (SSSR count). The summed E-state index contributed by atoms with van der Waals surface area (Å²) in [6.45, 7) is 0.531. The zero-order chi connectivity index (χ0) is 23.3. The standard InChI is InChI=1S/C26H24N4O3S/c31-23(27-15-18-8-3-1-4-9-18)14-24-28-19(17-34-24)16-33-26(32)25-21-12-7-13-22(21)30(29-25)20-10-5-2-6-11-20/h1-6,8-11,17H,7,12-16H2,(H,27,31). The van der Waals surface area contributed by atoms with Crippen molar-refractivity contribution in [2.45, 2.75) is 38.8 Å². The van der Waals surface area contributed by atoms with Crippen molar-refractivity contribution < 1.29 is 14.3 Å². The Morgan fingerprint density at radius 2 is 1.79 bits per heavy atom. The number of benzene rings is 2. The Kier molecular flexibility index (Phi) is 6.49. The van der Waals surface area contributed by atoms with Crippen molar-refractivity contribution in [2.75, 3.05) is 0 Å². The van der Waals surface area contributed by atoms with E-state index in [0.29, 0.717) is 22.9 Å². The number of hydrogen-bond donors (Lipinski definition) is 1. The lowest BCUT2D eigenvalue weighted by molar-refractivity contribution is -0.120. The summed E-state index contributed by atoms with van der Waals surface area (Å²) in [7, 11) is 0. The van der Waals surface area contributed by atoms with Crippen LogP contribution >= 0.6 is 11.3 Å². The van der Waals surface area contributed by atoms with Gasteiger partial charge in [0.2, 0.25) is 5.91 Å². The highest BCUT2D eigenvalue weighted by atomic mass is 32.1. The lowest BCUT2D eigenvalue weighted by atomic mass is 10.2. The van der Waals surface area contributed by atoms with E-state index in [1.807, 2.05) is 70.7 Å². The zero-order valence-corrected chi connectivity index (χ0v) is 19.4. The van der Waals surface area contributed by atoms with Crippen LogP contribution in [-0.4, -0.2) is 26.6 Å². The van der Waals surface area contributed by atoms with Gasteiger partial charge in [-0.25, -0.2) is 14.5 Å². The molecule has 172 valence electrons. The minimum Gasteiger partial charge on any atom is -0.454 e. The Hall–Kier alpha value is -3.78. The third kappa shape index (κ3) is 4.92. The summed E-state index contributed by atoms with van der Waals surface area (Å²) >= 11 is 1.39. The topological polar surface area (TPSA) is 86.1 Å². The van der Waals surface area contributed by atoms with Gasteiger partial charge in [-0.15, -0.1) is 11.3 Å². The highest BCUT2D eigenvalue weighted by Gasteiger charge is 2.28. The third-order valence-corrected chi connectivity index (χ3v) is 6.62. The van der Waals surface area contributed by atoms with Gasteiger partial charge in [0.25, 0.3) is 0 Å². The molecule has 0 spiro atoms. The number of fused-ring (bicyclic) bond motifs is 1. The minimum absolute atomic E-state index is 0.0495. The molecule has 2 heterocycles. The summed E-state index contributed by atoms with van der Waals surface area (Å²) in [4.78, 5) is 29.5. The van der Waals surface area contributed by atoms with Gasteiger partial charge in [-0.05, 0) is 37.0 Å². The van der Waals surface area contributed by atoms with E-state index in [1.165, 1.54) is 11.3 Å². The SMILES string of the molecule is O=C(Cc1nc(COC(=O)c2nn(-c3ccccc3)c3c2CCC3)cs1)NCc1ccccc1. The van der Waals surface area contributed by atoms with Crippen LogP contribution in [-0.2, 0) is 41.9 Å². The Balaban J connectivity index is 1.18. The zero-order valence-electron chi connectivity index (χ0n) is 18.6. The first-order chi connectivity index (χ1) is 16.7. The van der Waals surface area contributed by atoms with Gasteiger partial charge >= 0.3 is 5.97 Å². The maximum atomic E-state index is 12.8. The third-order valence-electron chi connectivity index (χ3n) is 5.72. The molecule has 1 N–H and O–H groups in total. The van der Waals surface area contributed by atoms with E-state index in [-0.39, 0.29) is 18.9 Å². The molecule has 8 heteroatoms. The first kappa shape index (κ1) is 22.0. The summed E-state index contributed by atoms with van der Waals surface area (Å²) in [6, 6.07) is 19.6. The second kappa shape index (κ2) is 10.0. The smallest absolute Gasteiger partial charge is 0.359 e. The van der Waals surface area contributed by atoms with E-state index < -0.39 is 5.97 Å². The number of nitrogens with zero attached hydrogens (tertiary/aromatic N) is 3. The van der Waals surface area contributed by atoms with Crippen LogP contribution in [0.5, 0.6) is 0 Å². The first-order valence-electron chi connectivity index (χ1n) is 11.2. The van der Waals surface area contributed by atoms with E-state index in [4.69, 9.17) is 4.74 Å². The lowest BCUT2D eigenvalue weighted by Crippen LogP contribution is -2.24. The fourth-order valence-corrected chi connectivity index (χ4v) is 4.86. The predicted molar refractivity (Wildman–Crippen MR) is 129 cm³/mol. The van der Waals surface area contributed by atoms with Crippen molar-refractivity contribution in [3.63, 3.8) is 0 Å². The average molecular weight is 473 g/mol. The fourth-order valence-electron chi connectivity index (χ4n) is 4.08. The molecule has 1 aliphatic rings. The fraction of sp³-hybridized carbons (Fsp3) is 0.231. The number of carbonyl (C=O) groups excluding carboxylic acids is 2. The first-order valence-corrected chi connectivity index (χ1v) is 12.1. The van der Waals surface area contributed by atoms with Crippen LogP contribution in [0.4, 0.5) is 0 Å². The number of carbonyl (C=O) groups is 2. The van der Waals surface area contributed by atoms with E-state index in [1.54, 1.807) is 0 Å². The summed E-state index contributed by atoms with van der Waals surface area (Å²) < 4.78 is 7.40. The molecule has 0 aliphatic heterocycles. The maximum Gasteiger partial charge on any atom is 0.359 e. The van der Waals surface area contributed by atoms with Crippen LogP contribution in [0.25, 0.3) is 5.69 Å². The van der Waals surface area contributed by atoms with Gasteiger partial charge in [-0.1, -0.05) is 48.5 Å². The van der Waals surface area contributed by atoms with Crippen molar-refractivity contribution >= 4 is 23.2 Å². The lowest BCUT2D eigenvalue weighted by Gasteiger charge is -2.05. The Bertz CT molecular complexity index is 1300. The Labute approximate surface area is 201 Å². The number of aromatic nitrogens is 3. The molecule has 1 amide bonds. The highest BCUT2D eigenvalue weighted by molar-refractivity contribution is 7.09. The van der Waals surface area contributed by atoms with Crippen LogP contribution < -0.4 is 5.32 Å². The average Bonchev–Trinajstić information content (AvgIpc) is 3.60. The van der Waals surface area contributed by atoms with Crippen molar-refractivity contribution in [3.8, 4) is 5.69 Å². The number of esters is 1. The molecule has 34 heavy (non-hydrogen) atoms. The maximum absolute atomic E-state index is 12.8. The molecule has 0 unspecified atom stereocenters. The van der Waals surface area contributed by atoms with Crippen molar-refractivity contribution in [2.24, 2.45) is 0 Å². The number of nitrogens with one attached hydrogen (secondary N) is 1. The second-order valence-corrected chi connectivity index (χ2v) is 9.07. The van der Waals surface area contributed by atoms with Gasteiger partial charge in [0, 0.05) is 23.2 Å². The number of hydrogen-bond acceptors (Lipinski definition) is 6. The Morgan fingerprint density at radius 1 is 1.03 bits per heavy atom. The second-order valence-electron chi connectivity index (χ2n) is 8.12. The molecule has 0 fully saturated rings. The summed E-state index contributed by atoms with van der Waals surface area (Å²) in [5.74, 6) is -0.535. The van der Waals surface area contributed by atoms with E-state index in [0.717, 1.165) is 41.8 Å². The number of rotatable bonds is 8. The summed E-state index contributed by atoms with van der Waals surface area (Å²) in [6.07, 6.45) is 2.92. The molecule has 0 atom stereocenters. The van der Waals surface area contributed by atoms with Crippen LogP contribution in [0, 0.1) is 0 Å². The predicted octanol–water partition coefficient (Wildman–Crippen LogP) is 4.03. The molecular formula is C26H24N4O3S. The van der Waals surface area contributed by atoms with E-state index in [2.05, 4.69) is 15.4 Å². The molecule has 2 aromatic carbocycles. The minimum atomic E-state index is -0.442. The summed E-state index contributed by atoms with van der Waals surface area (Å²) in [5, 5.41) is 9.98. The number of ether oxygens (including phenoxy) is 1.